The third-order valence-corrected chi connectivity index (χ3v) is 9.62. The minimum Gasteiger partial charge on any atom is -0.229 e. The summed E-state index contributed by atoms with van der Waals surface area (Å²) >= 11 is 10.0. The Kier molecular flexibility index (Phi) is 5.08. The van der Waals surface area contributed by atoms with E-state index in [1.807, 2.05) is 0 Å². The maximum absolute atomic E-state index is 12.7. The van der Waals surface area contributed by atoms with Crippen LogP contribution in [-0.4, -0.2) is 45.2 Å². The van der Waals surface area contributed by atoms with Crippen LogP contribution >= 0.6 is 38.9 Å². The first kappa shape index (κ1) is 17.2. The van der Waals surface area contributed by atoms with Crippen molar-refractivity contribution in [1.82, 2.24) is 4.31 Å². The van der Waals surface area contributed by atoms with Crippen molar-refractivity contribution >= 4 is 58.7 Å². The number of hydrogen-bond donors (Lipinski definition) is 0. The molecule has 5 nitrogen and oxygen atoms in total. The standard InChI is InChI=1S/C11H11BrClNO4S3/c1-2-4-14(8-3-5-20(15,16)7-8)21(17,18)10-6-9(13)11(12)19-10/h1,6,8H,3-5,7H2. The lowest BCUT2D eigenvalue weighted by molar-refractivity contribution is 0.372. The quantitative estimate of drug-likeness (QED) is 0.682. The zero-order valence-corrected chi connectivity index (χ0v) is 15.4. The first-order chi connectivity index (χ1) is 9.67. The van der Waals surface area contributed by atoms with Gasteiger partial charge >= 0.3 is 0 Å². The Hall–Kier alpha value is -0.110. The zero-order chi connectivity index (χ0) is 15.8. The number of hydrogen-bond acceptors (Lipinski definition) is 5. The van der Waals surface area contributed by atoms with Crippen molar-refractivity contribution < 1.29 is 16.8 Å². The Balaban J connectivity index is 2.40. The number of thiophene rings is 1. The van der Waals surface area contributed by atoms with Gasteiger partial charge in [-0.3, -0.25) is 0 Å². The molecule has 21 heavy (non-hydrogen) atoms. The molecule has 0 aliphatic carbocycles. The molecule has 1 aromatic heterocycles. The Bertz CT molecular complexity index is 774. The summed E-state index contributed by atoms with van der Waals surface area (Å²) in [5.74, 6) is 2.06. The van der Waals surface area contributed by atoms with Crippen LogP contribution in [0.3, 0.4) is 0 Å². The third-order valence-electron chi connectivity index (χ3n) is 3.05. The molecule has 0 aromatic carbocycles. The molecule has 2 rings (SSSR count). The summed E-state index contributed by atoms with van der Waals surface area (Å²) in [4.78, 5) is 0. The molecule has 1 aliphatic rings. The van der Waals surface area contributed by atoms with Crippen molar-refractivity contribution in [3.8, 4) is 12.3 Å². The summed E-state index contributed by atoms with van der Waals surface area (Å²) in [5, 5.41) is 0.290. The normalized spacial score (nSPS) is 21.5. The Morgan fingerprint density at radius 3 is 2.67 bits per heavy atom. The van der Waals surface area contributed by atoms with E-state index in [0.717, 1.165) is 15.6 Å². The first-order valence-electron chi connectivity index (χ1n) is 5.78. The molecule has 1 saturated heterocycles. The van der Waals surface area contributed by atoms with Crippen LogP contribution in [0, 0.1) is 12.3 Å². The van der Waals surface area contributed by atoms with Crippen LogP contribution in [0.4, 0.5) is 0 Å². The van der Waals surface area contributed by atoms with Gasteiger partial charge in [-0.25, -0.2) is 16.8 Å². The summed E-state index contributed by atoms with van der Waals surface area (Å²) in [7, 11) is -7.08. The van der Waals surface area contributed by atoms with Crippen LogP contribution in [-0.2, 0) is 19.9 Å². The monoisotopic (exact) mass is 431 g/mol. The molecule has 1 aliphatic heterocycles. The van der Waals surface area contributed by atoms with Gasteiger partial charge in [0.1, 0.15) is 4.21 Å². The van der Waals surface area contributed by atoms with Crippen LogP contribution in [0.5, 0.6) is 0 Å². The van der Waals surface area contributed by atoms with E-state index in [-0.39, 0.29) is 28.7 Å². The number of rotatable bonds is 4. The molecule has 2 heterocycles. The second-order valence-corrected chi connectivity index (χ2v) is 11.6. The van der Waals surface area contributed by atoms with Crippen LogP contribution in [0.2, 0.25) is 5.02 Å². The largest absolute Gasteiger partial charge is 0.253 e. The van der Waals surface area contributed by atoms with Crippen LogP contribution < -0.4 is 0 Å². The maximum atomic E-state index is 12.7. The van der Waals surface area contributed by atoms with Crippen LogP contribution in [0.1, 0.15) is 6.42 Å². The van der Waals surface area contributed by atoms with Gasteiger partial charge in [-0.2, -0.15) is 4.31 Å². The molecular weight excluding hydrogens is 422 g/mol. The van der Waals surface area contributed by atoms with Crippen LogP contribution in [0.25, 0.3) is 0 Å². The molecule has 0 saturated carbocycles. The van der Waals surface area contributed by atoms with Crippen molar-refractivity contribution in [3.63, 3.8) is 0 Å². The molecule has 0 amide bonds. The van der Waals surface area contributed by atoms with Crippen LogP contribution in [0.15, 0.2) is 14.1 Å². The summed E-state index contributed by atoms with van der Waals surface area (Å²) in [6.45, 7) is -0.171. The molecule has 10 heteroatoms. The van der Waals surface area contributed by atoms with E-state index in [9.17, 15) is 16.8 Å². The molecule has 0 spiro atoms. The van der Waals surface area contributed by atoms with Gasteiger partial charge in [0.2, 0.25) is 0 Å². The summed E-state index contributed by atoms with van der Waals surface area (Å²) in [5.41, 5.74) is 0. The van der Waals surface area contributed by atoms with Crippen molar-refractivity contribution in [2.24, 2.45) is 0 Å². The predicted molar refractivity (Wildman–Crippen MR) is 86.8 cm³/mol. The maximum Gasteiger partial charge on any atom is 0.253 e. The fourth-order valence-electron chi connectivity index (χ4n) is 2.07. The van der Waals surface area contributed by atoms with Gasteiger partial charge in [-0.05, 0) is 28.4 Å². The average Bonchev–Trinajstić information content (AvgIpc) is 2.90. The van der Waals surface area contributed by atoms with Gasteiger partial charge < -0.3 is 0 Å². The van der Waals surface area contributed by atoms with E-state index in [4.69, 9.17) is 18.0 Å². The number of sulfonamides is 1. The number of nitrogens with zero attached hydrogens (tertiary/aromatic N) is 1. The van der Waals surface area contributed by atoms with E-state index in [1.165, 1.54) is 6.07 Å². The number of sulfone groups is 1. The Morgan fingerprint density at radius 1 is 1.57 bits per heavy atom. The van der Waals surface area contributed by atoms with Gasteiger partial charge in [0, 0.05) is 6.04 Å². The highest BCUT2D eigenvalue weighted by Gasteiger charge is 2.39. The molecule has 1 fully saturated rings. The lowest BCUT2D eigenvalue weighted by Crippen LogP contribution is -2.41. The topological polar surface area (TPSA) is 71.5 Å². The minimum atomic E-state index is -3.87. The summed E-state index contributed by atoms with van der Waals surface area (Å²) < 4.78 is 50.1. The molecular formula is C11H11BrClNO4S3. The Labute approximate surface area is 141 Å². The number of terminal acetylenes is 1. The number of halogens is 2. The van der Waals surface area contributed by atoms with Gasteiger partial charge in [0.15, 0.2) is 9.84 Å². The van der Waals surface area contributed by atoms with Gasteiger partial charge in [0.25, 0.3) is 10.0 Å². The van der Waals surface area contributed by atoms with Gasteiger partial charge in [-0.1, -0.05) is 17.5 Å². The molecule has 116 valence electrons. The average molecular weight is 433 g/mol. The Morgan fingerprint density at radius 2 is 2.24 bits per heavy atom. The zero-order valence-electron chi connectivity index (χ0n) is 10.6. The molecule has 1 atom stereocenters. The van der Waals surface area contributed by atoms with Gasteiger partial charge in [-0.15, -0.1) is 17.8 Å². The minimum absolute atomic E-state index is 0.0247. The molecule has 1 unspecified atom stereocenters. The molecule has 1 aromatic rings. The summed E-state index contributed by atoms with van der Waals surface area (Å²) in [6.07, 6.45) is 5.49. The predicted octanol–water partition coefficient (Wildman–Crippen LogP) is 1.97. The van der Waals surface area contributed by atoms with E-state index in [0.29, 0.717) is 8.81 Å². The fourth-order valence-corrected chi connectivity index (χ4v) is 7.99. The fraction of sp³-hybridized carbons (Fsp3) is 0.455. The lowest BCUT2D eigenvalue weighted by atomic mass is 10.3. The van der Waals surface area contributed by atoms with E-state index >= 15 is 0 Å². The second kappa shape index (κ2) is 6.18. The van der Waals surface area contributed by atoms with Gasteiger partial charge in [0.05, 0.1) is 26.9 Å². The highest BCUT2D eigenvalue weighted by atomic mass is 79.9. The van der Waals surface area contributed by atoms with Crippen molar-refractivity contribution in [2.75, 3.05) is 18.1 Å². The van der Waals surface area contributed by atoms with Crippen molar-refractivity contribution in [1.29, 1.82) is 0 Å². The highest BCUT2D eigenvalue weighted by Crippen LogP contribution is 2.37. The van der Waals surface area contributed by atoms with Crippen molar-refractivity contribution in [3.05, 3.63) is 14.9 Å². The first-order valence-corrected chi connectivity index (χ1v) is 11.0. The van der Waals surface area contributed by atoms with E-state index < -0.39 is 25.9 Å². The van der Waals surface area contributed by atoms with E-state index in [2.05, 4.69) is 21.9 Å². The molecule has 0 bridgehead atoms. The SMILES string of the molecule is C#CCN(C1CCS(=O)(=O)C1)S(=O)(=O)c1cc(Cl)c(Br)s1. The smallest absolute Gasteiger partial charge is 0.229 e. The third kappa shape index (κ3) is 3.63. The molecule has 0 N–H and O–H groups in total. The lowest BCUT2D eigenvalue weighted by Gasteiger charge is -2.24. The highest BCUT2D eigenvalue weighted by molar-refractivity contribution is 9.11. The second-order valence-electron chi connectivity index (χ2n) is 4.50. The van der Waals surface area contributed by atoms with Crippen molar-refractivity contribution in [2.45, 2.75) is 16.7 Å². The summed E-state index contributed by atoms with van der Waals surface area (Å²) in [6, 6.07) is 0.703. The van der Waals surface area contributed by atoms with E-state index in [1.54, 1.807) is 0 Å². The molecule has 0 radical (unpaired) electrons.